The van der Waals surface area contributed by atoms with Crippen molar-refractivity contribution in [1.29, 1.82) is 0 Å². The molecule has 4 N–H and O–H groups in total. The molecule has 0 amide bonds. The van der Waals surface area contributed by atoms with Crippen LogP contribution in [0.5, 0.6) is 0 Å². The molecule has 0 fully saturated rings. The highest BCUT2D eigenvalue weighted by Gasteiger charge is 2.05. The van der Waals surface area contributed by atoms with Crippen LogP contribution in [0.15, 0.2) is 29.4 Å². The van der Waals surface area contributed by atoms with Gasteiger partial charge in [-0.05, 0) is 37.1 Å². The average Bonchev–Trinajstić information content (AvgIpc) is 2.81. The molecule has 1 unspecified atom stereocenters. The van der Waals surface area contributed by atoms with Crippen molar-refractivity contribution in [3.8, 4) is 0 Å². The van der Waals surface area contributed by atoms with Gasteiger partial charge in [-0.1, -0.05) is 0 Å². The van der Waals surface area contributed by atoms with Crippen molar-refractivity contribution in [2.24, 2.45) is 10.7 Å². The average molecular weight is 420 g/mol. The predicted molar refractivity (Wildman–Crippen MR) is 98.3 cm³/mol. The van der Waals surface area contributed by atoms with Crippen molar-refractivity contribution < 1.29 is 9.13 Å². The summed E-state index contributed by atoms with van der Waals surface area (Å²) in [7, 11) is 1.64. The van der Waals surface area contributed by atoms with Crippen LogP contribution in [0.1, 0.15) is 12.5 Å². The second-order valence-electron chi connectivity index (χ2n) is 5.02. The Morgan fingerprint density at radius 2 is 2.27 bits per heavy atom. The highest BCUT2D eigenvalue weighted by molar-refractivity contribution is 14.0. The van der Waals surface area contributed by atoms with Crippen LogP contribution in [0.2, 0.25) is 0 Å². The Morgan fingerprint density at radius 1 is 1.50 bits per heavy atom. The van der Waals surface area contributed by atoms with Gasteiger partial charge in [-0.15, -0.1) is 24.0 Å². The van der Waals surface area contributed by atoms with Crippen molar-refractivity contribution in [1.82, 2.24) is 10.3 Å². The lowest BCUT2D eigenvalue weighted by molar-refractivity contribution is 0.179. The maximum atomic E-state index is 13.3. The number of methoxy groups -OCH3 is 1. The maximum absolute atomic E-state index is 13.3. The zero-order valence-electron chi connectivity index (χ0n) is 12.7. The van der Waals surface area contributed by atoms with E-state index in [1.165, 1.54) is 12.1 Å². The molecular formula is C15H22FIN4O. The van der Waals surface area contributed by atoms with Gasteiger partial charge in [-0.2, -0.15) is 0 Å². The van der Waals surface area contributed by atoms with Crippen LogP contribution in [-0.4, -0.2) is 37.2 Å². The van der Waals surface area contributed by atoms with E-state index >= 15 is 0 Å². The number of aromatic amines is 1. The Kier molecular flexibility index (Phi) is 7.60. The second kappa shape index (κ2) is 8.94. The largest absolute Gasteiger partial charge is 0.383 e. The number of aliphatic imine (C=N–C) groups is 1. The summed E-state index contributed by atoms with van der Waals surface area (Å²) in [6.45, 7) is 3.08. The van der Waals surface area contributed by atoms with Gasteiger partial charge in [0.1, 0.15) is 5.82 Å². The number of hydrogen-bond donors (Lipinski definition) is 3. The van der Waals surface area contributed by atoms with Gasteiger partial charge in [0.15, 0.2) is 5.96 Å². The zero-order chi connectivity index (χ0) is 15.2. The lowest BCUT2D eigenvalue weighted by Gasteiger charge is -2.12. The highest BCUT2D eigenvalue weighted by Crippen LogP contribution is 2.19. The summed E-state index contributed by atoms with van der Waals surface area (Å²) in [5.41, 5.74) is 7.76. The summed E-state index contributed by atoms with van der Waals surface area (Å²) in [5, 5.41) is 3.94. The Hall–Kier alpha value is -1.35. The number of H-pyrrole nitrogens is 1. The van der Waals surface area contributed by atoms with Crippen LogP contribution >= 0.6 is 24.0 Å². The van der Waals surface area contributed by atoms with E-state index in [-0.39, 0.29) is 35.8 Å². The fraction of sp³-hybridized carbons (Fsp3) is 0.400. The SMILES string of the molecule is COCC(C)NC(N)=NCCc1c[nH]c2ccc(F)cc12.I. The maximum Gasteiger partial charge on any atom is 0.188 e. The quantitative estimate of drug-likeness (QED) is 0.382. The molecule has 0 aliphatic carbocycles. The summed E-state index contributed by atoms with van der Waals surface area (Å²) < 4.78 is 18.3. The number of guanidine groups is 1. The first-order valence-electron chi connectivity index (χ1n) is 6.91. The molecule has 0 spiro atoms. The number of rotatable bonds is 6. The van der Waals surface area contributed by atoms with Gasteiger partial charge in [0.25, 0.3) is 0 Å². The molecule has 1 heterocycles. The van der Waals surface area contributed by atoms with E-state index in [4.69, 9.17) is 10.5 Å². The van der Waals surface area contributed by atoms with Gasteiger partial charge in [0.05, 0.1) is 6.61 Å². The number of nitrogens with two attached hydrogens (primary N) is 1. The fourth-order valence-electron chi connectivity index (χ4n) is 2.24. The molecule has 2 rings (SSSR count). The number of nitrogens with one attached hydrogen (secondary N) is 2. The number of benzene rings is 1. The van der Waals surface area contributed by atoms with E-state index < -0.39 is 0 Å². The van der Waals surface area contributed by atoms with Gasteiger partial charge in [-0.3, -0.25) is 4.99 Å². The Morgan fingerprint density at radius 3 is 3.00 bits per heavy atom. The van der Waals surface area contributed by atoms with Gasteiger partial charge in [0, 0.05) is 36.8 Å². The topological polar surface area (TPSA) is 75.4 Å². The van der Waals surface area contributed by atoms with Crippen LogP contribution in [0.4, 0.5) is 4.39 Å². The Balaban J connectivity index is 0.00000242. The summed E-state index contributed by atoms with van der Waals surface area (Å²) in [6, 6.07) is 4.83. The predicted octanol–water partition coefficient (Wildman–Crippen LogP) is 2.41. The Labute approximate surface area is 146 Å². The number of halogens is 2. The van der Waals surface area contributed by atoms with Crippen molar-refractivity contribution in [2.75, 3.05) is 20.3 Å². The number of fused-ring (bicyclic) bond motifs is 1. The van der Waals surface area contributed by atoms with Crippen molar-refractivity contribution in [3.63, 3.8) is 0 Å². The monoisotopic (exact) mass is 420 g/mol. The molecule has 0 saturated carbocycles. The third kappa shape index (κ3) is 5.13. The molecule has 2 aromatic rings. The molecule has 22 heavy (non-hydrogen) atoms. The molecule has 0 bridgehead atoms. The molecule has 1 aromatic carbocycles. The summed E-state index contributed by atoms with van der Waals surface area (Å²) in [5.74, 6) is 0.159. The first kappa shape index (κ1) is 18.7. The van der Waals surface area contributed by atoms with Crippen LogP contribution in [-0.2, 0) is 11.2 Å². The number of aromatic nitrogens is 1. The molecule has 5 nitrogen and oxygen atoms in total. The number of hydrogen-bond acceptors (Lipinski definition) is 2. The number of nitrogens with zero attached hydrogens (tertiary/aromatic N) is 1. The third-order valence-corrected chi connectivity index (χ3v) is 3.20. The van der Waals surface area contributed by atoms with Crippen molar-refractivity contribution >= 4 is 40.8 Å². The molecule has 0 aliphatic heterocycles. The van der Waals surface area contributed by atoms with E-state index in [0.717, 1.165) is 16.5 Å². The second-order valence-corrected chi connectivity index (χ2v) is 5.02. The molecule has 122 valence electrons. The normalized spacial score (nSPS) is 13.0. The van der Waals surface area contributed by atoms with E-state index in [2.05, 4.69) is 15.3 Å². The minimum Gasteiger partial charge on any atom is -0.383 e. The molecule has 1 atom stereocenters. The van der Waals surface area contributed by atoms with E-state index in [9.17, 15) is 4.39 Å². The summed E-state index contributed by atoms with van der Waals surface area (Å²) >= 11 is 0. The first-order valence-corrected chi connectivity index (χ1v) is 6.91. The van der Waals surface area contributed by atoms with Crippen LogP contribution < -0.4 is 11.1 Å². The third-order valence-electron chi connectivity index (χ3n) is 3.20. The Bertz CT molecular complexity index is 629. The van der Waals surface area contributed by atoms with E-state index in [1.54, 1.807) is 13.2 Å². The van der Waals surface area contributed by atoms with Gasteiger partial charge in [0.2, 0.25) is 0 Å². The number of ether oxygens (including phenoxy) is 1. The van der Waals surface area contributed by atoms with Crippen LogP contribution in [0.25, 0.3) is 10.9 Å². The summed E-state index contributed by atoms with van der Waals surface area (Å²) in [6.07, 6.45) is 2.58. The minimum absolute atomic E-state index is 0. The van der Waals surface area contributed by atoms with E-state index in [0.29, 0.717) is 25.5 Å². The molecule has 0 aliphatic rings. The van der Waals surface area contributed by atoms with E-state index in [1.807, 2.05) is 13.1 Å². The molecule has 0 radical (unpaired) electrons. The fourth-order valence-corrected chi connectivity index (χ4v) is 2.24. The smallest absolute Gasteiger partial charge is 0.188 e. The first-order chi connectivity index (χ1) is 10.1. The van der Waals surface area contributed by atoms with Gasteiger partial charge < -0.3 is 20.8 Å². The van der Waals surface area contributed by atoms with Crippen molar-refractivity contribution in [3.05, 3.63) is 35.8 Å². The standard InChI is InChI=1S/C15H21FN4O.HI/c1-10(9-21-2)20-15(17)18-6-5-11-8-19-14-4-3-12(16)7-13(11)14;/h3-4,7-8,10,19H,5-6,9H2,1-2H3,(H3,17,18,20);1H. The molecule has 0 saturated heterocycles. The lowest BCUT2D eigenvalue weighted by atomic mass is 10.1. The molecular weight excluding hydrogens is 398 g/mol. The lowest BCUT2D eigenvalue weighted by Crippen LogP contribution is -2.40. The van der Waals surface area contributed by atoms with Gasteiger partial charge >= 0.3 is 0 Å². The minimum atomic E-state index is -0.235. The van der Waals surface area contributed by atoms with Crippen LogP contribution in [0.3, 0.4) is 0 Å². The molecule has 7 heteroatoms. The summed E-state index contributed by atoms with van der Waals surface area (Å²) in [4.78, 5) is 7.39. The van der Waals surface area contributed by atoms with Crippen LogP contribution in [0, 0.1) is 5.82 Å². The highest BCUT2D eigenvalue weighted by atomic mass is 127. The molecule has 1 aromatic heterocycles. The van der Waals surface area contributed by atoms with Crippen molar-refractivity contribution in [2.45, 2.75) is 19.4 Å². The van der Waals surface area contributed by atoms with Gasteiger partial charge in [-0.25, -0.2) is 4.39 Å². The zero-order valence-corrected chi connectivity index (χ0v) is 15.1.